The van der Waals surface area contributed by atoms with Crippen LogP contribution in [-0.2, 0) is 49.3 Å². The Balaban J connectivity index is 1.57. The van der Waals surface area contributed by atoms with Crippen LogP contribution in [-0.4, -0.2) is 132 Å². The Morgan fingerprint density at radius 1 is 1.02 bits per heavy atom. The normalized spacial score (nSPS) is 42.2. The Hall–Kier alpha value is -2.17. The van der Waals surface area contributed by atoms with Crippen molar-refractivity contribution in [2.75, 3.05) is 21.2 Å². The topological polar surface area (TPSA) is 155 Å². The highest BCUT2D eigenvalue weighted by atomic mass is 16.7. The second-order valence-electron chi connectivity index (χ2n) is 18.1. The third-order valence-corrected chi connectivity index (χ3v) is 13.2. The number of carbonyl (C=O) groups is 1. The molecule has 0 aromatic heterocycles. The van der Waals surface area contributed by atoms with Gasteiger partial charge in [-0.2, -0.15) is 0 Å². The van der Waals surface area contributed by atoms with Crippen LogP contribution in [0.5, 0.6) is 0 Å². The number of hydrogen-bond acceptors (Lipinski definition) is 13. The van der Waals surface area contributed by atoms with E-state index in [2.05, 4.69) is 0 Å². The van der Waals surface area contributed by atoms with Crippen LogP contribution in [0.25, 0.3) is 0 Å². The van der Waals surface area contributed by atoms with E-state index in [0.29, 0.717) is 25.0 Å². The van der Waals surface area contributed by atoms with Crippen molar-refractivity contribution in [2.45, 2.75) is 186 Å². The van der Waals surface area contributed by atoms with Crippen LogP contribution in [0.4, 0.5) is 0 Å². The number of methoxy groups -OCH3 is 1. The molecule has 4 aliphatic rings. The first-order valence-corrected chi connectivity index (χ1v) is 20.8. The van der Waals surface area contributed by atoms with Gasteiger partial charge in [0.2, 0.25) is 0 Å². The van der Waals surface area contributed by atoms with Gasteiger partial charge in [-0.05, 0) is 86.5 Å². The third kappa shape index (κ3) is 9.58. The fourth-order valence-electron chi connectivity index (χ4n) is 9.78. The SMILES string of the molecule is CC[C@@H](OCc1ccccc1)[C@@](C)(O)[C@@H]1OC(=O)[C@H](C)[C@@H](OC2C[C@@](C)(OC)[C@@H](O)[C@H](C)O2)[C@H](C)[C@@H](OC2O[C@H](C)C[C@H](N(C)C)[C@H]2O)[C@@]2(C)CC(C)=C(O2)[C@H]1C. The lowest BCUT2D eigenvalue weighted by Crippen LogP contribution is -2.60. The summed E-state index contributed by atoms with van der Waals surface area (Å²) in [5.74, 6) is -2.08. The van der Waals surface area contributed by atoms with E-state index in [1.54, 1.807) is 27.9 Å². The molecular formula is C44H71NO12. The van der Waals surface area contributed by atoms with Gasteiger partial charge in [0.05, 0.1) is 48.5 Å². The number of nitrogens with zero attached hydrogens (tertiary/aromatic N) is 1. The van der Waals surface area contributed by atoms with E-state index in [0.717, 1.165) is 11.1 Å². The number of hydrogen-bond donors (Lipinski definition) is 3. The molecule has 0 spiro atoms. The van der Waals surface area contributed by atoms with Gasteiger partial charge in [-0.1, -0.05) is 51.1 Å². The number of cyclic esters (lactones) is 1. The largest absolute Gasteiger partial charge is 0.488 e. The monoisotopic (exact) mass is 805 g/mol. The molecule has 13 nitrogen and oxygen atoms in total. The Labute approximate surface area is 340 Å². The summed E-state index contributed by atoms with van der Waals surface area (Å²) >= 11 is 0. The predicted molar refractivity (Wildman–Crippen MR) is 213 cm³/mol. The molecule has 0 saturated carbocycles. The van der Waals surface area contributed by atoms with Crippen LogP contribution in [0.1, 0.15) is 100 Å². The quantitative estimate of drug-likeness (QED) is 0.240. The van der Waals surface area contributed by atoms with Gasteiger partial charge in [0, 0.05) is 31.9 Å². The molecular weight excluding hydrogens is 734 g/mol. The predicted octanol–water partition coefficient (Wildman–Crippen LogP) is 5.12. The maximum atomic E-state index is 14.7. The van der Waals surface area contributed by atoms with Gasteiger partial charge >= 0.3 is 5.97 Å². The van der Waals surface area contributed by atoms with Gasteiger partial charge in [0.25, 0.3) is 0 Å². The van der Waals surface area contributed by atoms with E-state index in [-0.39, 0.29) is 25.2 Å². The molecule has 324 valence electrons. The van der Waals surface area contributed by atoms with E-state index in [9.17, 15) is 20.1 Å². The molecule has 1 aromatic rings. The van der Waals surface area contributed by atoms with Crippen molar-refractivity contribution in [1.29, 1.82) is 0 Å². The maximum Gasteiger partial charge on any atom is 0.311 e. The molecule has 4 heterocycles. The second-order valence-corrected chi connectivity index (χ2v) is 18.1. The number of benzene rings is 1. The minimum absolute atomic E-state index is 0.182. The lowest BCUT2D eigenvalue weighted by atomic mass is 9.78. The number of rotatable bonds is 12. The van der Waals surface area contributed by atoms with Gasteiger partial charge in [0.15, 0.2) is 12.6 Å². The fourth-order valence-corrected chi connectivity index (χ4v) is 9.78. The highest BCUT2D eigenvalue weighted by molar-refractivity contribution is 5.73. The zero-order chi connectivity index (χ0) is 42.2. The van der Waals surface area contributed by atoms with Gasteiger partial charge in [-0.3, -0.25) is 4.79 Å². The van der Waals surface area contributed by atoms with E-state index in [4.69, 9.17) is 37.9 Å². The van der Waals surface area contributed by atoms with Crippen LogP contribution in [0.3, 0.4) is 0 Å². The summed E-state index contributed by atoms with van der Waals surface area (Å²) < 4.78 is 52.1. The Bertz CT molecular complexity index is 1520. The van der Waals surface area contributed by atoms with Crippen LogP contribution in [0.2, 0.25) is 0 Å². The van der Waals surface area contributed by atoms with Crippen molar-refractivity contribution in [2.24, 2.45) is 17.8 Å². The highest BCUT2D eigenvalue weighted by Crippen LogP contribution is 2.48. The average molecular weight is 806 g/mol. The Kier molecular flexibility index (Phi) is 14.7. The van der Waals surface area contributed by atoms with E-state index in [1.807, 2.05) is 97.8 Å². The molecule has 1 aromatic carbocycles. The first kappa shape index (κ1) is 45.9. The van der Waals surface area contributed by atoms with E-state index < -0.39 is 95.8 Å². The number of aliphatic hydroxyl groups is 3. The molecule has 13 heteroatoms. The van der Waals surface area contributed by atoms with Crippen molar-refractivity contribution in [1.82, 2.24) is 4.90 Å². The van der Waals surface area contributed by atoms with Crippen LogP contribution in [0, 0.1) is 17.8 Å². The summed E-state index contributed by atoms with van der Waals surface area (Å²) in [5, 5.41) is 35.2. The van der Waals surface area contributed by atoms with Crippen molar-refractivity contribution < 1.29 is 58.0 Å². The summed E-state index contributed by atoms with van der Waals surface area (Å²) in [6.45, 7) is 19.0. The lowest BCUT2D eigenvalue weighted by molar-refractivity contribution is -0.316. The molecule has 57 heavy (non-hydrogen) atoms. The standard InChI is InChI=1S/C44H71NO12/c1-14-32(51-23-30-18-16-15-17-19-30)44(10,49)39-26(4)35-24(2)21-43(9,57-35)38(56-41-34(46)31(45(11)12)20-25(3)52-41)27(5)36(28(6)40(48)55-39)54-33-22-42(8,50-13)37(47)29(7)53-33/h15-19,25-29,31-34,36-39,41,46-47,49H,14,20-23H2,1-13H3/t25-,26-,27+,28-,29+,31+,32-,33?,34-,36+,37+,38-,39-,41?,42-,43-,44-/m1/s1. The zero-order valence-corrected chi connectivity index (χ0v) is 36.5. The molecule has 3 saturated heterocycles. The van der Waals surface area contributed by atoms with Gasteiger partial charge in [-0.15, -0.1) is 0 Å². The summed E-state index contributed by atoms with van der Waals surface area (Å²) in [7, 11) is 5.39. The van der Waals surface area contributed by atoms with Crippen LogP contribution < -0.4 is 0 Å². The molecule has 5 rings (SSSR count). The molecule has 0 amide bonds. The lowest BCUT2D eigenvalue weighted by Gasteiger charge is -2.48. The van der Waals surface area contributed by atoms with E-state index >= 15 is 0 Å². The molecule has 3 fully saturated rings. The first-order chi connectivity index (χ1) is 26.7. The minimum Gasteiger partial charge on any atom is -0.488 e. The summed E-state index contributed by atoms with van der Waals surface area (Å²) in [4.78, 5) is 16.7. The Morgan fingerprint density at radius 2 is 1.68 bits per heavy atom. The Morgan fingerprint density at radius 3 is 2.30 bits per heavy atom. The zero-order valence-electron chi connectivity index (χ0n) is 36.5. The van der Waals surface area contributed by atoms with E-state index in [1.165, 1.54) is 0 Å². The third-order valence-electron chi connectivity index (χ3n) is 13.2. The van der Waals surface area contributed by atoms with Gasteiger partial charge in [-0.25, -0.2) is 0 Å². The van der Waals surface area contributed by atoms with Crippen LogP contribution >= 0.6 is 0 Å². The number of likely N-dealkylation sites (N-methyl/N-ethyl adjacent to an activating group) is 1. The minimum atomic E-state index is -1.66. The van der Waals surface area contributed by atoms with Gasteiger partial charge < -0.3 is 58.1 Å². The van der Waals surface area contributed by atoms with Crippen molar-refractivity contribution in [3.8, 4) is 0 Å². The van der Waals surface area contributed by atoms with Crippen molar-refractivity contribution in [3.63, 3.8) is 0 Å². The molecule has 4 aliphatic heterocycles. The highest BCUT2D eigenvalue weighted by Gasteiger charge is 2.57. The first-order valence-electron chi connectivity index (χ1n) is 20.8. The number of esters is 1. The molecule has 2 bridgehead atoms. The maximum absolute atomic E-state index is 14.7. The smallest absolute Gasteiger partial charge is 0.311 e. The number of ether oxygens (including phenoxy) is 8. The molecule has 3 N–H and O–H groups in total. The van der Waals surface area contributed by atoms with Crippen LogP contribution in [0.15, 0.2) is 41.7 Å². The molecule has 0 aliphatic carbocycles. The van der Waals surface area contributed by atoms with Crippen molar-refractivity contribution in [3.05, 3.63) is 47.2 Å². The number of fused-ring (bicyclic) bond motifs is 2. The summed E-state index contributed by atoms with van der Waals surface area (Å²) in [5.41, 5.74) is -1.79. The summed E-state index contributed by atoms with van der Waals surface area (Å²) in [6, 6.07) is 9.52. The fraction of sp³-hybridized carbons (Fsp3) is 0.795. The average Bonchev–Trinajstić information content (AvgIpc) is 3.48. The van der Waals surface area contributed by atoms with Crippen molar-refractivity contribution >= 4 is 5.97 Å². The number of carbonyl (C=O) groups excluding carboxylic acids is 1. The molecule has 17 atom stereocenters. The second kappa shape index (κ2) is 18.2. The molecule has 0 radical (unpaired) electrons. The summed E-state index contributed by atoms with van der Waals surface area (Å²) in [6.07, 6.45) is -6.41. The van der Waals surface area contributed by atoms with Gasteiger partial charge in [0.1, 0.15) is 41.4 Å². The number of aliphatic hydroxyl groups excluding tert-OH is 2. The molecule has 2 unspecified atom stereocenters.